The van der Waals surface area contributed by atoms with E-state index in [0.717, 1.165) is 32.0 Å². The third-order valence-corrected chi connectivity index (χ3v) is 5.60. The van der Waals surface area contributed by atoms with Crippen molar-refractivity contribution in [2.24, 2.45) is 0 Å². The molecule has 0 aliphatic carbocycles. The third kappa shape index (κ3) is 3.48. The Morgan fingerprint density at radius 2 is 1.96 bits per heavy atom. The van der Waals surface area contributed by atoms with Gasteiger partial charge in [0.15, 0.2) is 0 Å². The van der Waals surface area contributed by atoms with Crippen LogP contribution in [0.5, 0.6) is 0 Å². The molecule has 124 valence electrons. The van der Waals surface area contributed by atoms with E-state index in [1.165, 1.54) is 11.1 Å². The Hall–Kier alpha value is -2.11. The number of nitrogens with zero attached hydrogens (tertiary/aromatic N) is 3. The lowest BCUT2D eigenvalue weighted by atomic mass is 10.1. The number of rotatable bonds is 4. The lowest BCUT2D eigenvalue weighted by Crippen LogP contribution is -1.91. The van der Waals surface area contributed by atoms with E-state index in [0.29, 0.717) is 0 Å². The normalized spacial score (nSPS) is 11.1. The van der Waals surface area contributed by atoms with Crippen molar-refractivity contribution in [3.05, 3.63) is 82.6 Å². The van der Waals surface area contributed by atoms with Crippen molar-refractivity contribution in [1.82, 2.24) is 14.6 Å². The van der Waals surface area contributed by atoms with Gasteiger partial charge in [-0.1, -0.05) is 64.1 Å². The zero-order valence-corrected chi connectivity index (χ0v) is 16.1. The molecule has 4 rings (SSSR count). The van der Waals surface area contributed by atoms with E-state index in [1.54, 1.807) is 11.8 Å². The highest BCUT2D eigenvalue weighted by molar-refractivity contribution is 9.10. The molecule has 5 heteroatoms. The maximum atomic E-state index is 4.73. The molecule has 0 N–H and O–H groups in total. The molecule has 0 aliphatic rings. The lowest BCUT2D eigenvalue weighted by molar-refractivity contribution is 0.920. The van der Waals surface area contributed by atoms with E-state index in [-0.39, 0.29) is 0 Å². The van der Waals surface area contributed by atoms with Gasteiger partial charge in [0, 0.05) is 28.2 Å². The number of hydrogen-bond donors (Lipinski definition) is 0. The van der Waals surface area contributed by atoms with Crippen LogP contribution in [0.3, 0.4) is 0 Å². The summed E-state index contributed by atoms with van der Waals surface area (Å²) in [6.45, 7) is 2.11. The number of thioether (sulfide) groups is 1. The first-order valence-corrected chi connectivity index (χ1v) is 9.76. The van der Waals surface area contributed by atoms with Crippen molar-refractivity contribution >= 4 is 33.2 Å². The molecule has 0 saturated heterocycles. The first kappa shape index (κ1) is 16.4. The summed E-state index contributed by atoms with van der Waals surface area (Å²) in [6.07, 6.45) is 3.71. The van der Waals surface area contributed by atoms with Crippen LogP contribution in [-0.2, 0) is 5.75 Å². The van der Waals surface area contributed by atoms with Gasteiger partial charge in [0.05, 0.1) is 11.2 Å². The fourth-order valence-corrected chi connectivity index (χ4v) is 4.15. The number of hydrogen-bond acceptors (Lipinski definition) is 3. The summed E-state index contributed by atoms with van der Waals surface area (Å²) in [5, 5.41) is 5.72. The molecule has 0 atom stereocenters. The van der Waals surface area contributed by atoms with Gasteiger partial charge in [0.2, 0.25) is 0 Å². The first-order valence-electron chi connectivity index (χ1n) is 7.98. The average molecular weight is 410 g/mol. The lowest BCUT2D eigenvalue weighted by Gasteiger charge is -2.03. The van der Waals surface area contributed by atoms with Gasteiger partial charge in [0.1, 0.15) is 5.03 Å². The van der Waals surface area contributed by atoms with Gasteiger partial charge in [-0.15, -0.1) is 0 Å². The van der Waals surface area contributed by atoms with Gasteiger partial charge in [0.25, 0.3) is 0 Å². The van der Waals surface area contributed by atoms with Crippen molar-refractivity contribution < 1.29 is 0 Å². The van der Waals surface area contributed by atoms with Gasteiger partial charge < -0.3 is 0 Å². The standard InChI is InChI=1S/C20H16BrN3S/c1-14-5-2-3-8-17(14)18-12-19-20(22-9-10-24(19)23-18)25-13-15-6-4-7-16(21)11-15/h2-12H,13H2,1H3. The Kier molecular flexibility index (Phi) is 4.59. The van der Waals surface area contributed by atoms with E-state index in [2.05, 4.69) is 70.3 Å². The minimum atomic E-state index is 0.872. The van der Waals surface area contributed by atoms with Crippen LogP contribution in [0.25, 0.3) is 16.8 Å². The van der Waals surface area contributed by atoms with E-state index in [1.807, 2.05) is 29.0 Å². The second kappa shape index (κ2) is 7.02. The molecule has 0 fully saturated rings. The summed E-state index contributed by atoms with van der Waals surface area (Å²) >= 11 is 5.26. The molecular weight excluding hydrogens is 394 g/mol. The predicted molar refractivity (Wildman–Crippen MR) is 107 cm³/mol. The highest BCUT2D eigenvalue weighted by Gasteiger charge is 2.11. The Morgan fingerprint density at radius 3 is 2.80 bits per heavy atom. The second-order valence-electron chi connectivity index (χ2n) is 5.83. The maximum Gasteiger partial charge on any atom is 0.122 e. The van der Waals surface area contributed by atoms with E-state index < -0.39 is 0 Å². The summed E-state index contributed by atoms with van der Waals surface area (Å²) in [5.41, 5.74) is 5.68. The molecule has 0 bridgehead atoms. The molecular formula is C20H16BrN3S. The minimum absolute atomic E-state index is 0.872. The molecule has 0 aliphatic heterocycles. The summed E-state index contributed by atoms with van der Waals surface area (Å²) in [7, 11) is 0. The largest absolute Gasteiger partial charge is 0.246 e. The smallest absolute Gasteiger partial charge is 0.122 e. The Morgan fingerprint density at radius 1 is 1.08 bits per heavy atom. The number of aromatic nitrogens is 3. The molecule has 4 aromatic rings. The van der Waals surface area contributed by atoms with Crippen molar-refractivity contribution in [1.29, 1.82) is 0 Å². The van der Waals surface area contributed by atoms with Crippen LogP contribution in [0.1, 0.15) is 11.1 Å². The first-order chi connectivity index (χ1) is 12.2. The SMILES string of the molecule is Cc1ccccc1-c1cc2c(SCc3cccc(Br)c3)nccn2n1. The zero-order chi connectivity index (χ0) is 17.2. The van der Waals surface area contributed by atoms with Gasteiger partial charge in [-0.3, -0.25) is 0 Å². The highest BCUT2D eigenvalue weighted by Crippen LogP contribution is 2.29. The van der Waals surface area contributed by atoms with Crippen LogP contribution in [0.4, 0.5) is 0 Å². The average Bonchev–Trinajstić information content (AvgIpc) is 3.05. The number of aryl methyl sites for hydroxylation is 1. The quantitative estimate of drug-likeness (QED) is 0.401. The molecule has 2 heterocycles. The highest BCUT2D eigenvalue weighted by atomic mass is 79.9. The number of benzene rings is 2. The molecule has 0 amide bonds. The number of fused-ring (bicyclic) bond motifs is 1. The monoisotopic (exact) mass is 409 g/mol. The summed E-state index contributed by atoms with van der Waals surface area (Å²) in [4.78, 5) is 4.56. The molecule has 2 aromatic carbocycles. The molecule has 0 saturated carbocycles. The van der Waals surface area contributed by atoms with Gasteiger partial charge in [-0.05, 0) is 36.2 Å². The predicted octanol–water partition coefficient (Wildman–Crippen LogP) is 5.76. The zero-order valence-electron chi connectivity index (χ0n) is 13.7. The van der Waals surface area contributed by atoms with Crippen LogP contribution in [0.2, 0.25) is 0 Å². The van der Waals surface area contributed by atoms with Crippen LogP contribution < -0.4 is 0 Å². The molecule has 25 heavy (non-hydrogen) atoms. The Labute approximate surface area is 159 Å². The summed E-state index contributed by atoms with van der Waals surface area (Å²) in [5.74, 6) is 0.872. The van der Waals surface area contributed by atoms with Crippen molar-refractivity contribution in [3.63, 3.8) is 0 Å². The number of halogens is 1. The fourth-order valence-electron chi connectivity index (χ4n) is 2.78. The van der Waals surface area contributed by atoms with Crippen LogP contribution in [0.15, 0.2) is 76.5 Å². The van der Waals surface area contributed by atoms with E-state index >= 15 is 0 Å². The molecule has 0 unspecified atom stereocenters. The van der Waals surface area contributed by atoms with Crippen molar-refractivity contribution in [2.45, 2.75) is 17.7 Å². The molecule has 0 radical (unpaired) electrons. The minimum Gasteiger partial charge on any atom is -0.246 e. The van der Waals surface area contributed by atoms with Gasteiger partial charge in [-0.25, -0.2) is 9.50 Å². The summed E-state index contributed by atoms with van der Waals surface area (Å²) in [6, 6.07) is 18.8. The van der Waals surface area contributed by atoms with Crippen molar-refractivity contribution in [3.8, 4) is 11.3 Å². The van der Waals surface area contributed by atoms with Gasteiger partial charge >= 0.3 is 0 Å². The Bertz CT molecular complexity index is 1040. The summed E-state index contributed by atoms with van der Waals surface area (Å²) < 4.78 is 3.01. The molecule has 2 aromatic heterocycles. The third-order valence-electron chi connectivity index (χ3n) is 4.04. The van der Waals surface area contributed by atoms with Crippen LogP contribution in [0, 0.1) is 6.92 Å². The Balaban J connectivity index is 1.67. The second-order valence-corrected chi connectivity index (χ2v) is 7.71. The van der Waals surface area contributed by atoms with E-state index in [4.69, 9.17) is 5.10 Å². The van der Waals surface area contributed by atoms with E-state index in [9.17, 15) is 0 Å². The van der Waals surface area contributed by atoms with Crippen LogP contribution >= 0.6 is 27.7 Å². The van der Waals surface area contributed by atoms with Crippen LogP contribution in [-0.4, -0.2) is 14.6 Å². The topological polar surface area (TPSA) is 30.2 Å². The molecule has 0 spiro atoms. The maximum absolute atomic E-state index is 4.73. The molecule has 3 nitrogen and oxygen atoms in total. The fraction of sp³-hybridized carbons (Fsp3) is 0.100. The van der Waals surface area contributed by atoms with Crippen molar-refractivity contribution in [2.75, 3.05) is 0 Å². The van der Waals surface area contributed by atoms with Gasteiger partial charge in [-0.2, -0.15) is 5.10 Å².